The minimum Gasteiger partial charge on any atom is -0.462 e. The van der Waals surface area contributed by atoms with Gasteiger partial charge in [0.25, 0.3) is 0 Å². The topological polar surface area (TPSA) is 120 Å². The molecule has 110 valence electrons. The number of nitriles is 1. The lowest BCUT2D eigenvalue weighted by Crippen LogP contribution is -2.05. The molecular formula is C11H12N6O2S2. The molecular weight excluding hydrogens is 312 g/mol. The summed E-state index contributed by atoms with van der Waals surface area (Å²) in [6.45, 7) is 1.98. The lowest BCUT2D eigenvalue weighted by molar-refractivity contribution is 0.0531. The summed E-state index contributed by atoms with van der Waals surface area (Å²) in [6, 6.07) is 2.03. The van der Waals surface area contributed by atoms with Crippen LogP contribution in [0.5, 0.6) is 0 Å². The zero-order chi connectivity index (χ0) is 15.4. The Balaban J connectivity index is 2.30. The number of carbonyl (C=O) groups excluding carboxylic acids is 1. The molecule has 2 aromatic heterocycles. The molecule has 0 aromatic carbocycles. The highest BCUT2D eigenvalue weighted by Gasteiger charge is 2.23. The lowest BCUT2D eigenvalue weighted by Gasteiger charge is -2.03. The van der Waals surface area contributed by atoms with E-state index in [1.807, 2.05) is 6.07 Å². The van der Waals surface area contributed by atoms with E-state index < -0.39 is 5.97 Å². The second-order valence-electron chi connectivity index (χ2n) is 3.86. The highest BCUT2D eigenvalue weighted by atomic mass is 32.2. The van der Waals surface area contributed by atoms with Crippen molar-refractivity contribution in [2.45, 2.75) is 17.8 Å². The van der Waals surface area contributed by atoms with Crippen LogP contribution in [-0.4, -0.2) is 32.8 Å². The van der Waals surface area contributed by atoms with Gasteiger partial charge in [0.15, 0.2) is 0 Å². The molecule has 0 unspecified atom stereocenters. The maximum Gasteiger partial charge on any atom is 0.348 e. The molecule has 0 saturated carbocycles. The van der Waals surface area contributed by atoms with Gasteiger partial charge in [-0.15, -0.1) is 16.4 Å². The predicted octanol–water partition coefficient (Wildman–Crippen LogP) is 1.19. The van der Waals surface area contributed by atoms with E-state index in [0.717, 1.165) is 11.3 Å². The summed E-state index contributed by atoms with van der Waals surface area (Å²) in [6.07, 6.45) is 0. The fourth-order valence-electron chi connectivity index (χ4n) is 1.59. The highest BCUT2D eigenvalue weighted by Crippen LogP contribution is 2.34. The Morgan fingerprint density at radius 1 is 1.62 bits per heavy atom. The van der Waals surface area contributed by atoms with Crippen molar-refractivity contribution in [1.82, 2.24) is 20.2 Å². The number of nitrogen functional groups attached to an aromatic ring is 1. The largest absolute Gasteiger partial charge is 0.462 e. The first-order valence-electron chi connectivity index (χ1n) is 5.92. The molecule has 0 radical (unpaired) electrons. The molecule has 0 aliphatic heterocycles. The molecule has 0 aliphatic carbocycles. The Bertz CT molecular complexity index is 702. The van der Waals surface area contributed by atoms with Crippen LogP contribution >= 0.6 is 23.1 Å². The predicted molar refractivity (Wildman–Crippen MR) is 77.8 cm³/mol. The number of esters is 1. The first-order chi connectivity index (χ1) is 10.1. The molecule has 0 fully saturated rings. The third-order valence-electron chi connectivity index (χ3n) is 2.53. The number of thioether (sulfide) groups is 1. The number of hydrogen-bond donors (Lipinski definition) is 1. The molecule has 8 nitrogen and oxygen atoms in total. The highest BCUT2D eigenvalue weighted by molar-refractivity contribution is 7.98. The van der Waals surface area contributed by atoms with Gasteiger partial charge in [-0.25, -0.2) is 9.48 Å². The molecule has 2 rings (SSSR count). The maximum absolute atomic E-state index is 11.9. The van der Waals surface area contributed by atoms with Crippen molar-refractivity contribution in [2.75, 3.05) is 12.3 Å². The van der Waals surface area contributed by atoms with Crippen molar-refractivity contribution in [3.63, 3.8) is 0 Å². The average Bonchev–Trinajstić information content (AvgIpc) is 3.00. The van der Waals surface area contributed by atoms with Crippen LogP contribution in [0.25, 0.3) is 0 Å². The second-order valence-corrected chi connectivity index (χ2v) is 5.85. The smallest absolute Gasteiger partial charge is 0.348 e. The Kier molecular flexibility index (Phi) is 4.77. The summed E-state index contributed by atoms with van der Waals surface area (Å²) >= 11 is 2.38. The van der Waals surface area contributed by atoms with E-state index >= 15 is 0 Å². The number of nitrogens with zero attached hydrogens (tertiary/aromatic N) is 5. The normalized spacial score (nSPS) is 10.3. The molecule has 2 aromatic rings. The summed E-state index contributed by atoms with van der Waals surface area (Å²) in [7, 11) is 1.71. The van der Waals surface area contributed by atoms with E-state index in [9.17, 15) is 10.1 Å². The fourth-order valence-corrected chi connectivity index (χ4v) is 3.49. The summed E-state index contributed by atoms with van der Waals surface area (Å²) in [5.74, 6) is -0.110. The molecule has 0 bridgehead atoms. The fraction of sp³-hybridized carbons (Fsp3) is 0.364. The number of tetrazole rings is 1. The van der Waals surface area contributed by atoms with Crippen molar-refractivity contribution < 1.29 is 9.53 Å². The molecule has 0 amide bonds. The van der Waals surface area contributed by atoms with Crippen LogP contribution < -0.4 is 5.73 Å². The Morgan fingerprint density at radius 2 is 2.38 bits per heavy atom. The van der Waals surface area contributed by atoms with Crippen LogP contribution in [0.15, 0.2) is 5.16 Å². The van der Waals surface area contributed by atoms with Gasteiger partial charge >= 0.3 is 5.97 Å². The number of anilines is 1. The van der Waals surface area contributed by atoms with Crippen LogP contribution in [0.1, 0.15) is 27.7 Å². The number of nitrogens with two attached hydrogens (primary N) is 1. The van der Waals surface area contributed by atoms with E-state index in [1.54, 1.807) is 14.0 Å². The van der Waals surface area contributed by atoms with Gasteiger partial charge in [0.2, 0.25) is 5.16 Å². The van der Waals surface area contributed by atoms with Crippen LogP contribution in [-0.2, 0) is 17.5 Å². The summed E-state index contributed by atoms with van der Waals surface area (Å²) < 4.78 is 6.50. The van der Waals surface area contributed by atoms with Crippen LogP contribution in [0.4, 0.5) is 5.00 Å². The van der Waals surface area contributed by atoms with Gasteiger partial charge in [-0.05, 0) is 17.4 Å². The number of ether oxygens (including phenoxy) is 1. The van der Waals surface area contributed by atoms with Crippen LogP contribution in [0, 0.1) is 11.3 Å². The first-order valence-corrected chi connectivity index (χ1v) is 7.72. The van der Waals surface area contributed by atoms with Crippen molar-refractivity contribution >= 4 is 34.1 Å². The minimum atomic E-state index is -0.470. The molecule has 0 atom stereocenters. The Hall–Kier alpha value is -2.12. The van der Waals surface area contributed by atoms with E-state index in [0.29, 0.717) is 31.9 Å². The molecule has 0 saturated heterocycles. The first kappa shape index (κ1) is 15.3. The zero-order valence-corrected chi connectivity index (χ0v) is 13.0. The van der Waals surface area contributed by atoms with Gasteiger partial charge < -0.3 is 10.5 Å². The van der Waals surface area contributed by atoms with Gasteiger partial charge in [-0.1, -0.05) is 11.8 Å². The molecule has 0 aliphatic rings. The van der Waals surface area contributed by atoms with Crippen molar-refractivity contribution in [1.29, 1.82) is 5.26 Å². The number of hydrogen-bond acceptors (Lipinski definition) is 9. The van der Waals surface area contributed by atoms with E-state index in [2.05, 4.69) is 15.5 Å². The van der Waals surface area contributed by atoms with Gasteiger partial charge in [-0.2, -0.15) is 5.26 Å². The van der Waals surface area contributed by atoms with Gasteiger partial charge in [0.05, 0.1) is 12.2 Å². The molecule has 0 spiro atoms. The number of carbonyl (C=O) groups is 1. The third kappa shape index (κ3) is 3.14. The van der Waals surface area contributed by atoms with Crippen LogP contribution in [0.3, 0.4) is 0 Å². The van der Waals surface area contributed by atoms with E-state index in [-0.39, 0.29) is 6.61 Å². The zero-order valence-electron chi connectivity index (χ0n) is 11.4. The second kappa shape index (κ2) is 6.55. The SMILES string of the molecule is CCOC(=O)c1sc(N)c(C#N)c1CSc1nnnn1C. The van der Waals surface area contributed by atoms with Crippen molar-refractivity contribution in [2.24, 2.45) is 7.05 Å². The van der Waals surface area contributed by atoms with Gasteiger partial charge in [0.1, 0.15) is 15.9 Å². The van der Waals surface area contributed by atoms with E-state index in [4.69, 9.17) is 10.5 Å². The van der Waals surface area contributed by atoms with E-state index in [1.165, 1.54) is 16.4 Å². The average molecular weight is 324 g/mol. The third-order valence-corrected chi connectivity index (χ3v) is 4.61. The molecule has 21 heavy (non-hydrogen) atoms. The van der Waals surface area contributed by atoms with Gasteiger partial charge in [0, 0.05) is 18.4 Å². The minimum absolute atomic E-state index is 0.262. The molecule has 2 N–H and O–H groups in total. The summed E-state index contributed by atoms with van der Waals surface area (Å²) in [4.78, 5) is 12.3. The van der Waals surface area contributed by atoms with Gasteiger partial charge in [-0.3, -0.25) is 0 Å². The van der Waals surface area contributed by atoms with Crippen molar-refractivity contribution in [3.8, 4) is 6.07 Å². The number of aryl methyl sites for hydroxylation is 1. The molecule has 10 heteroatoms. The Morgan fingerprint density at radius 3 is 2.95 bits per heavy atom. The van der Waals surface area contributed by atoms with Crippen molar-refractivity contribution in [3.05, 3.63) is 16.0 Å². The monoisotopic (exact) mass is 324 g/mol. The lowest BCUT2D eigenvalue weighted by atomic mass is 10.2. The van der Waals surface area contributed by atoms with Crippen LogP contribution in [0.2, 0.25) is 0 Å². The standard InChI is InChI=1S/C11H12N6O2S2/c1-3-19-10(18)8-7(6(4-12)9(13)21-8)5-20-11-14-15-16-17(11)2/h3,5,13H2,1-2H3. The maximum atomic E-state index is 11.9. The molecule has 2 heterocycles. The summed E-state index contributed by atoms with van der Waals surface area (Å²) in [5.41, 5.74) is 6.67. The number of thiophene rings is 1. The summed E-state index contributed by atoms with van der Waals surface area (Å²) in [5, 5.41) is 21.2. The number of aromatic nitrogens is 4. The Labute approximate surface area is 128 Å². The quantitative estimate of drug-likeness (QED) is 0.643. The number of rotatable bonds is 5.